The van der Waals surface area contributed by atoms with Crippen LogP contribution in [0, 0.1) is 0 Å². The van der Waals surface area contributed by atoms with Crippen molar-refractivity contribution < 1.29 is 4.74 Å². The number of ether oxygens (including phenoxy) is 1. The van der Waals surface area contributed by atoms with Gasteiger partial charge >= 0.3 is 0 Å². The molecule has 1 rings (SSSR count). The van der Waals surface area contributed by atoms with Crippen LogP contribution < -0.4 is 10.6 Å². The van der Waals surface area contributed by atoms with Gasteiger partial charge in [0.1, 0.15) is 0 Å². The van der Waals surface area contributed by atoms with E-state index in [4.69, 9.17) is 40.2 Å². The van der Waals surface area contributed by atoms with E-state index in [1.165, 1.54) is 0 Å². The third-order valence-corrected chi connectivity index (χ3v) is 3.34. The van der Waals surface area contributed by atoms with Crippen molar-refractivity contribution >= 4 is 40.5 Å². The fraction of sp³-hybridized carbons (Fsp3) is 0.462. The molecule has 1 aromatic carbocycles. The number of hydrogen-bond acceptors (Lipinski definition) is 2. The van der Waals surface area contributed by atoms with Gasteiger partial charge < -0.3 is 15.4 Å². The van der Waals surface area contributed by atoms with Gasteiger partial charge in [0, 0.05) is 29.7 Å². The SMILES string of the molecule is COC[C@H](C)NC(=S)NCCc1ccc(Cl)cc1Cl. The first-order chi connectivity index (χ1) is 9.02. The predicted octanol–water partition coefficient (Wildman–Crippen LogP) is 3.03. The summed E-state index contributed by atoms with van der Waals surface area (Å²) in [7, 11) is 1.66. The second kappa shape index (κ2) is 8.59. The van der Waals surface area contributed by atoms with Crippen molar-refractivity contribution in [3.63, 3.8) is 0 Å². The molecule has 0 aliphatic carbocycles. The van der Waals surface area contributed by atoms with Gasteiger partial charge in [-0.25, -0.2) is 0 Å². The molecule has 0 saturated carbocycles. The second-order valence-electron chi connectivity index (χ2n) is 4.24. The van der Waals surface area contributed by atoms with Crippen LogP contribution >= 0.6 is 35.4 Å². The highest BCUT2D eigenvalue weighted by Crippen LogP contribution is 2.20. The monoisotopic (exact) mass is 320 g/mol. The van der Waals surface area contributed by atoms with Crippen LogP contribution in [-0.2, 0) is 11.2 Å². The number of rotatable bonds is 6. The zero-order chi connectivity index (χ0) is 14.3. The first kappa shape index (κ1) is 16.5. The minimum atomic E-state index is 0.184. The van der Waals surface area contributed by atoms with Gasteiger partial charge in [-0.1, -0.05) is 29.3 Å². The molecule has 19 heavy (non-hydrogen) atoms. The highest BCUT2D eigenvalue weighted by Gasteiger charge is 2.04. The lowest BCUT2D eigenvalue weighted by molar-refractivity contribution is 0.179. The molecule has 0 radical (unpaired) electrons. The summed E-state index contributed by atoms with van der Waals surface area (Å²) in [6.45, 7) is 3.34. The Balaban J connectivity index is 2.31. The maximum absolute atomic E-state index is 6.09. The summed E-state index contributed by atoms with van der Waals surface area (Å²) in [6.07, 6.45) is 0.788. The fourth-order valence-electron chi connectivity index (χ4n) is 1.60. The zero-order valence-corrected chi connectivity index (χ0v) is 13.3. The molecule has 0 spiro atoms. The summed E-state index contributed by atoms with van der Waals surface area (Å²) >= 11 is 17.1. The Morgan fingerprint density at radius 3 is 2.79 bits per heavy atom. The van der Waals surface area contributed by atoms with E-state index in [-0.39, 0.29) is 6.04 Å². The molecule has 6 heteroatoms. The minimum absolute atomic E-state index is 0.184. The number of nitrogens with one attached hydrogen (secondary N) is 2. The number of hydrogen-bond donors (Lipinski definition) is 2. The number of halogens is 2. The highest BCUT2D eigenvalue weighted by molar-refractivity contribution is 7.80. The summed E-state index contributed by atoms with van der Waals surface area (Å²) in [4.78, 5) is 0. The van der Waals surface area contributed by atoms with Gasteiger partial charge in [0.25, 0.3) is 0 Å². The number of thiocarbonyl (C=S) groups is 1. The van der Waals surface area contributed by atoms with E-state index >= 15 is 0 Å². The molecular weight excluding hydrogens is 303 g/mol. The van der Waals surface area contributed by atoms with E-state index in [9.17, 15) is 0 Å². The van der Waals surface area contributed by atoms with Crippen molar-refractivity contribution in [3.05, 3.63) is 33.8 Å². The highest BCUT2D eigenvalue weighted by atomic mass is 35.5. The third kappa shape index (κ3) is 6.43. The molecule has 2 N–H and O–H groups in total. The summed E-state index contributed by atoms with van der Waals surface area (Å²) in [5.41, 5.74) is 1.05. The third-order valence-electron chi connectivity index (χ3n) is 2.49. The zero-order valence-electron chi connectivity index (χ0n) is 11.0. The van der Waals surface area contributed by atoms with Gasteiger partial charge in [0.05, 0.1) is 6.61 Å². The average molecular weight is 321 g/mol. The first-order valence-corrected chi connectivity index (χ1v) is 7.16. The maximum Gasteiger partial charge on any atom is 0.166 e. The molecule has 0 amide bonds. The molecule has 0 heterocycles. The normalized spacial score (nSPS) is 12.0. The predicted molar refractivity (Wildman–Crippen MR) is 85.2 cm³/mol. The summed E-state index contributed by atoms with van der Waals surface area (Å²) in [5, 5.41) is 8.21. The minimum Gasteiger partial charge on any atom is -0.383 e. The summed E-state index contributed by atoms with van der Waals surface area (Å²) in [5.74, 6) is 0. The molecule has 0 bridgehead atoms. The Hall–Kier alpha value is -0.550. The standard InChI is InChI=1S/C13H18Cl2N2OS/c1-9(8-18-2)17-13(19)16-6-5-10-3-4-11(14)7-12(10)15/h3-4,7,9H,5-6,8H2,1-2H3,(H2,16,17,19)/t9-/m0/s1. The second-order valence-corrected chi connectivity index (χ2v) is 5.49. The van der Waals surface area contributed by atoms with Crippen LogP contribution in [0.25, 0.3) is 0 Å². The van der Waals surface area contributed by atoms with Crippen molar-refractivity contribution in [2.75, 3.05) is 20.3 Å². The Morgan fingerprint density at radius 2 is 2.16 bits per heavy atom. The van der Waals surface area contributed by atoms with Gasteiger partial charge in [0.15, 0.2) is 5.11 Å². The Morgan fingerprint density at radius 1 is 1.42 bits per heavy atom. The van der Waals surface area contributed by atoms with E-state index in [1.54, 1.807) is 13.2 Å². The molecular formula is C13H18Cl2N2OS. The molecule has 0 aliphatic heterocycles. The largest absolute Gasteiger partial charge is 0.383 e. The van der Waals surface area contributed by atoms with Crippen molar-refractivity contribution in [1.82, 2.24) is 10.6 Å². The molecule has 0 fully saturated rings. The maximum atomic E-state index is 6.09. The van der Waals surface area contributed by atoms with Gasteiger partial charge in [0.2, 0.25) is 0 Å². The Bertz CT molecular complexity index is 429. The van der Waals surface area contributed by atoms with Crippen LogP contribution in [0.3, 0.4) is 0 Å². The lowest BCUT2D eigenvalue weighted by Crippen LogP contribution is -2.43. The smallest absolute Gasteiger partial charge is 0.166 e. The van der Waals surface area contributed by atoms with Crippen molar-refractivity contribution in [2.45, 2.75) is 19.4 Å². The number of benzene rings is 1. The van der Waals surface area contributed by atoms with E-state index in [2.05, 4.69) is 10.6 Å². The average Bonchev–Trinajstić information content (AvgIpc) is 2.32. The van der Waals surface area contributed by atoms with Crippen LogP contribution in [0.15, 0.2) is 18.2 Å². The van der Waals surface area contributed by atoms with Crippen molar-refractivity contribution in [3.8, 4) is 0 Å². The van der Waals surface area contributed by atoms with Crippen LogP contribution in [0.1, 0.15) is 12.5 Å². The van der Waals surface area contributed by atoms with Crippen LogP contribution in [-0.4, -0.2) is 31.4 Å². The quantitative estimate of drug-likeness (QED) is 0.789. The first-order valence-electron chi connectivity index (χ1n) is 6.00. The number of methoxy groups -OCH3 is 1. The molecule has 0 unspecified atom stereocenters. The summed E-state index contributed by atoms with van der Waals surface area (Å²) < 4.78 is 5.03. The molecule has 0 saturated heterocycles. The van der Waals surface area contributed by atoms with Crippen molar-refractivity contribution in [2.24, 2.45) is 0 Å². The van der Waals surface area contributed by atoms with E-state index < -0.39 is 0 Å². The lowest BCUT2D eigenvalue weighted by Gasteiger charge is -2.16. The van der Waals surface area contributed by atoms with Gasteiger partial charge in [-0.05, 0) is 43.3 Å². The molecule has 1 aromatic rings. The van der Waals surface area contributed by atoms with E-state index in [1.807, 2.05) is 19.1 Å². The molecule has 0 aromatic heterocycles. The van der Waals surface area contributed by atoms with Crippen molar-refractivity contribution in [1.29, 1.82) is 0 Å². The van der Waals surface area contributed by atoms with Crippen LogP contribution in [0.5, 0.6) is 0 Å². The summed E-state index contributed by atoms with van der Waals surface area (Å²) in [6, 6.07) is 5.69. The molecule has 1 atom stereocenters. The Kier molecular flexibility index (Phi) is 7.46. The fourth-order valence-corrected chi connectivity index (χ4v) is 2.41. The Labute approximate surface area is 129 Å². The molecule has 0 aliphatic rings. The van der Waals surface area contributed by atoms with E-state index in [0.29, 0.717) is 28.3 Å². The molecule has 3 nitrogen and oxygen atoms in total. The van der Waals surface area contributed by atoms with Gasteiger partial charge in [-0.2, -0.15) is 0 Å². The lowest BCUT2D eigenvalue weighted by atomic mass is 10.1. The van der Waals surface area contributed by atoms with Crippen LogP contribution in [0.2, 0.25) is 10.0 Å². The van der Waals surface area contributed by atoms with E-state index in [0.717, 1.165) is 12.0 Å². The van der Waals surface area contributed by atoms with Gasteiger partial charge in [-0.3, -0.25) is 0 Å². The topological polar surface area (TPSA) is 33.3 Å². The molecule has 106 valence electrons. The van der Waals surface area contributed by atoms with Gasteiger partial charge in [-0.15, -0.1) is 0 Å². The van der Waals surface area contributed by atoms with Crippen LogP contribution in [0.4, 0.5) is 0 Å².